The number of para-hydroxylation sites is 1. The Morgan fingerprint density at radius 2 is 1.73 bits per heavy atom. The van der Waals surface area contributed by atoms with Crippen molar-refractivity contribution in [2.24, 2.45) is 0 Å². The molecule has 0 aliphatic carbocycles. The molecule has 0 radical (unpaired) electrons. The lowest BCUT2D eigenvalue weighted by Crippen LogP contribution is -2.07. The van der Waals surface area contributed by atoms with E-state index in [1.165, 1.54) is 0 Å². The van der Waals surface area contributed by atoms with Crippen LogP contribution in [0.25, 0.3) is 10.8 Å². The number of rotatable bonds is 4. The number of hydrogen-bond acceptors (Lipinski definition) is 4. The van der Waals surface area contributed by atoms with E-state index in [9.17, 15) is 4.79 Å². The lowest BCUT2D eigenvalue weighted by atomic mass is 10.1. The molecule has 1 aromatic heterocycles. The van der Waals surface area contributed by atoms with Crippen LogP contribution in [0.15, 0.2) is 60.8 Å². The molecule has 3 aromatic rings. The minimum atomic E-state index is -0.350. The van der Waals surface area contributed by atoms with Gasteiger partial charge in [0.2, 0.25) is 0 Å². The summed E-state index contributed by atoms with van der Waals surface area (Å²) in [6.07, 6.45) is 1.56. The monoisotopic (exact) mass is 292 g/mol. The lowest BCUT2D eigenvalue weighted by Gasteiger charge is -2.11. The van der Waals surface area contributed by atoms with Crippen molar-refractivity contribution < 1.29 is 9.53 Å². The van der Waals surface area contributed by atoms with Crippen molar-refractivity contribution in [3.05, 3.63) is 66.4 Å². The molecule has 1 heterocycles. The molecule has 4 nitrogen and oxygen atoms in total. The molecule has 0 saturated heterocycles. The van der Waals surface area contributed by atoms with Crippen molar-refractivity contribution in [2.45, 2.75) is 6.92 Å². The van der Waals surface area contributed by atoms with E-state index >= 15 is 0 Å². The van der Waals surface area contributed by atoms with E-state index in [2.05, 4.69) is 10.3 Å². The molecule has 0 saturated carbocycles. The summed E-state index contributed by atoms with van der Waals surface area (Å²) in [4.78, 5) is 16.4. The highest BCUT2D eigenvalue weighted by atomic mass is 16.5. The highest BCUT2D eigenvalue weighted by Crippen LogP contribution is 2.27. The third-order valence-corrected chi connectivity index (χ3v) is 3.33. The van der Waals surface area contributed by atoms with Gasteiger partial charge in [0.05, 0.1) is 12.2 Å². The lowest BCUT2D eigenvalue weighted by molar-refractivity contribution is 0.0528. The van der Waals surface area contributed by atoms with E-state index in [4.69, 9.17) is 4.74 Å². The average molecular weight is 292 g/mol. The third kappa shape index (κ3) is 2.76. The zero-order valence-electron chi connectivity index (χ0n) is 12.2. The highest BCUT2D eigenvalue weighted by molar-refractivity contribution is 6.07. The fourth-order valence-electron chi connectivity index (χ4n) is 2.32. The van der Waals surface area contributed by atoms with Crippen LogP contribution in [-0.4, -0.2) is 17.6 Å². The summed E-state index contributed by atoms with van der Waals surface area (Å²) in [6, 6.07) is 17.5. The van der Waals surface area contributed by atoms with Gasteiger partial charge < -0.3 is 10.1 Å². The molecule has 0 spiro atoms. The maximum absolute atomic E-state index is 12.0. The fraction of sp³-hybridized carbons (Fsp3) is 0.111. The summed E-state index contributed by atoms with van der Waals surface area (Å²) in [6.45, 7) is 2.13. The topological polar surface area (TPSA) is 51.2 Å². The Morgan fingerprint density at radius 3 is 2.45 bits per heavy atom. The summed E-state index contributed by atoms with van der Waals surface area (Å²) < 4.78 is 5.09. The first-order valence-electron chi connectivity index (χ1n) is 7.16. The number of carbonyl (C=O) groups is 1. The number of hydrogen-bond donors (Lipinski definition) is 1. The Labute approximate surface area is 128 Å². The zero-order chi connectivity index (χ0) is 15.4. The van der Waals surface area contributed by atoms with Crippen LogP contribution >= 0.6 is 0 Å². The number of fused-ring (bicyclic) bond motifs is 1. The molecule has 3 rings (SSSR count). The van der Waals surface area contributed by atoms with Crippen molar-refractivity contribution in [3.8, 4) is 0 Å². The quantitative estimate of drug-likeness (QED) is 0.734. The Morgan fingerprint density at radius 1 is 1.05 bits per heavy atom. The molecule has 22 heavy (non-hydrogen) atoms. The first-order chi connectivity index (χ1) is 10.8. The third-order valence-electron chi connectivity index (χ3n) is 3.33. The second-order valence-corrected chi connectivity index (χ2v) is 4.78. The number of anilines is 2. The van der Waals surface area contributed by atoms with Gasteiger partial charge in [-0.3, -0.25) is 0 Å². The smallest absolute Gasteiger partial charge is 0.340 e. The number of carbonyl (C=O) groups excluding carboxylic acids is 1. The Hall–Kier alpha value is -2.88. The minimum Gasteiger partial charge on any atom is -0.462 e. The molecule has 0 atom stereocenters. The van der Waals surface area contributed by atoms with Gasteiger partial charge in [-0.15, -0.1) is 0 Å². The molecule has 1 N–H and O–H groups in total. The molecule has 0 bridgehead atoms. The van der Waals surface area contributed by atoms with E-state index in [1.54, 1.807) is 13.1 Å². The molecule has 0 fully saturated rings. The van der Waals surface area contributed by atoms with E-state index in [0.29, 0.717) is 12.2 Å². The summed E-state index contributed by atoms with van der Waals surface area (Å²) in [7, 11) is 0. The number of aromatic nitrogens is 1. The van der Waals surface area contributed by atoms with Crippen LogP contribution in [0.5, 0.6) is 0 Å². The Bertz CT molecular complexity index is 801. The number of benzene rings is 2. The standard InChI is InChI=1S/C18H16N2O2/c1-2-22-18(21)16-12-19-17(15-11-7-6-10-14(15)16)20-13-8-4-3-5-9-13/h3-12H,2H2,1H3,(H,19,20). The van der Waals surface area contributed by atoms with Gasteiger partial charge in [-0.25, -0.2) is 9.78 Å². The summed E-state index contributed by atoms with van der Waals surface area (Å²) in [5.41, 5.74) is 1.43. The average Bonchev–Trinajstić information content (AvgIpc) is 2.56. The van der Waals surface area contributed by atoms with Crippen molar-refractivity contribution in [2.75, 3.05) is 11.9 Å². The van der Waals surface area contributed by atoms with Gasteiger partial charge in [0.1, 0.15) is 5.82 Å². The molecule has 110 valence electrons. The predicted octanol–water partition coefficient (Wildman–Crippen LogP) is 4.16. The van der Waals surface area contributed by atoms with E-state index in [-0.39, 0.29) is 5.97 Å². The number of ether oxygens (including phenoxy) is 1. The molecule has 0 amide bonds. The Kier molecular flexibility index (Phi) is 4.01. The van der Waals surface area contributed by atoms with E-state index in [1.807, 2.05) is 54.6 Å². The Balaban J connectivity index is 2.06. The first-order valence-corrected chi connectivity index (χ1v) is 7.16. The number of nitrogens with one attached hydrogen (secondary N) is 1. The second-order valence-electron chi connectivity index (χ2n) is 4.78. The SMILES string of the molecule is CCOC(=O)c1cnc(Nc2ccccc2)c2ccccc12. The molecule has 0 aliphatic heterocycles. The predicted molar refractivity (Wildman–Crippen MR) is 87.4 cm³/mol. The van der Waals surface area contributed by atoms with Crippen molar-refractivity contribution in [3.63, 3.8) is 0 Å². The summed E-state index contributed by atoms with van der Waals surface area (Å²) in [5.74, 6) is 0.368. The molecule has 0 aliphatic rings. The number of nitrogens with zero attached hydrogens (tertiary/aromatic N) is 1. The van der Waals surface area contributed by atoms with E-state index in [0.717, 1.165) is 22.3 Å². The second kappa shape index (κ2) is 6.26. The van der Waals surface area contributed by atoms with Crippen molar-refractivity contribution in [1.29, 1.82) is 0 Å². The van der Waals surface area contributed by atoms with Gasteiger partial charge in [-0.1, -0.05) is 42.5 Å². The molecular formula is C18H16N2O2. The van der Waals surface area contributed by atoms with Crippen LogP contribution in [-0.2, 0) is 4.74 Å². The molecular weight excluding hydrogens is 276 g/mol. The molecule has 0 unspecified atom stereocenters. The van der Waals surface area contributed by atoms with Crippen LogP contribution in [0.2, 0.25) is 0 Å². The van der Waals surface area contributed by atoms with Crippen LogP contribution in [0.4, 0.5) is 11.5 Å². The van der Waals surface area contributed by atoms with Gasteiger partial charge in [-0.05, 0) is 19.1 Å². The van der Waals surface area contributed by atoms with Crippen molar-refractivity contribution >= 4 is 28.2 Å². The van der Waals surface area contributed by atoms with Crippen LogP contribution < -0.4 is 5.32 Å². The largest absolute Gasteiger partial charge is 0.462 e. The number of esters is 1. The molecule has 4 heteroatoms. The van der Waals surface area contributed by atoms with Crippen LogP contribution in [0.3, 0.4) is 0 Å². The first kappa shape index (κ1) is 14.1. The van der Waals surface area contributed by atoms with E-state index < -0.39 is 0 Å². The number of pyridine rings is 1. The maximum atomic E-state index is 12.0. The van der Waals surface area contributed by atoms with Gasteiger partial charge >= 0.3 is 5.97 Å². The molecule has 2 aromatic carbocycles. The fourth-order valence-corrected chi connectivity index (χ4v) is 2.32. The van der Waals surface area contributed by atoms with Gasteiger partial charge in [0.25, 0.3) is 0 Å². The summed E-state index contributed by atoms with van der Waals surface area (Å²) in [5, 5.41) is 5.00. The highest BCUT2D eigenvalue weighted by Gasteiger charge is 2.14. The maximum Gasteiger partial charge on any atom is 0.340 e. The summed E-state index contributed by atoms with van der Waals surface area (Å²) >= 11 is 0. The van der Waals surface area contributed by atoms with Gasteiger partial charge in [-0.2, -0.15) is 0 Å². The van der Waals surface area contributed by atoms with Crippen LogP contribution in [0.1, 0.15) is 17.3 Å². The van der Waals surface area contributed by atoms with Gasteiger partial charge in [0.15, 0.2) is 0 Å². The van der Waals surface area contributed by atoms with Gasteiger partial charge in [0, 0.05) is 22.7 Å². The minimum absolute atomic E-state index is 0.344. The zero-order valence-corrected chi connectivity index (χ0v) is 12.2. The van der Waals surface area contributed by atoms with Crippen molar-refractivity contribution in [1.82, 2.24) is 4.98 Å². The van der Waals surface area contributed by atoms with Crippen LogP contribution in [0, 0.1) is 0 Å². The normalized spacial score (nSPS) is 10.4.